The highest BCUT2D eigenvalue weighted by Gasteiger charge is 2.21. The van der Waals surface area contributed by atoms with Gasteiger partial charge in [0, 0.05) is 28.1 Å². The maximum atomic E-state index is 6.16. The number of allylic oxidation sites excluding steroid dienone is 7. The summed E-state index contributed by atoms with van der Waals surface area (Å²) in [6.45, 7) is 5.90. The highest BCUT2D eigenvalue weighted by atomic mass is 15.0. The number of aromatic nitrogens is 1. The van der Waals surface area contributed by atoms with Gasteiger partial charge >= 0.3 is 0 Å². The van der Waals surface area contributed by atoms with Gasteiger partial charge in [-0.3, -0.25) is 0 Å². The Balaban J connectivity index is 1.58. The van der Waals surface area contributed by atoms with Crippen LogP contribution < -0.4 is 11.1 Å². The molecule has 3 heteroatoms. The highest BCUT2D eigenvalue weighted by molar-refractivity contribution is 5.83. The molecule has 3 nitrogen and oxygen atoms in total. The molecule has 0 amide bonds. The first-order valence-corrected chi connectivity index (χ1v) is 12.8. The number of anilines is 1. The predicted octanol–water partition coefficient (Wildman–Crippen LogP) is 8.30. The van der Waals surface area contributed by atoms with E-state index in [0.29, 0.717) is 0 Å². The van der Waals surface area contributed by atoms with Gasteiger partial charge in [0.25, 0.3) is 0 Å². The van der Waals surface area contributed by atoms with Crippen molar-refractivity contribution < 1.29 is 0 Å². The number of nitrogen functional groups attached to an aromatic ring is 1. The third kappa shape index (κ3) is 5.42. The van der Waals surface area contributed by atoms with Crippen molar-refractivity contribution in [3.63, 3.8) is 0 Å². The van der Waals surface area contributed by atoms with Crippen LogP contribution in [0.25, 0.3) is 28.0 Å². The highest BCUT2D eigenvalue weighted by Crippen LogP contribution is 2.35. The van der Waals surface area contributed by atoms with Crippen molar-refractivity contribution in [3.05, 3.63) is 163 Å². The Morgan fingerprint density at radius 2 is 1.55 bits per heavy atom. The molecule has 1 aromatic heterocycles. The molecular weight excluding hydrogens is 462 g/mol. The molecule has 0 aliphatic carbocycles. The van der Waals surface area contributed by atoms with Gasteiger partial charge in [0.2, 0.25) is 0 Å². The molecule has 186 valence electrons. The maximum Gasteiger partial charge on any atom is 0.0873 e. The molecule has 0 bridgehead atoms. The molecule has 2 heterocycles. The van der Waals surface area contributed by atoms with Gasteiger partial charge in [0.05, 0.1) is 17.4 Å². The first-order chi connectivity index (χ1) is 18.6. The van der Waals surface area contributed by atoms with Crippen molar-refractivity contribution in [1.82, 2.24) is 10.3 Å². The molecule has 5 rings (SSSR count). The Morgan fingerprint density at radius 1 is 0.842 bits per heavy atom. The second kappa shape index (κ2) is 11.4. The van der Waals surface area contributed by atoms with E-state index in [1.807, 2.05) is 42.5 Å². The van der Waals surface area contributed by atoms with Gasteiger partial charge < -0.3 is 11.1 Å². The minimum atomic E-state index is -0.0890. The van der Waals surface area contributed by atoms with E-state index in [1.54, 1.807) is 6.08 Å². The summed E-state index contributed by atoms with van der Waals surface area (Å²) in [7, 11) is 0. The molecule has 0 saturated carbocycles. The quantitative estimate of drug-likeness (QED) is 0.201. The van der Waals surface area contributed by atoms with Crippen LogP contribution in [0.15, 0.2) is 151 Å². The van der Waals surface area contributed by atoms with E-state index >= 15 is 0 Å². The number of hydrogen-bond acceptors (Lipinski definition) is 3. The number of benzene rings is 3. The SMILES string of the molecule is C=C/C=C\C=C(/C)C1=C(c2ccccc2)C=CC(c2ccc(-c3ccccc3)c(-c3cccc(N)c3)n2)N1. The fourth-order valence-corrected chi connectivity index (χ4v) is 4.68. The predicted molar refractivity (Wildman–Crippen MR) is 161 cm³/mol. The number of dihydropyridines is 1. The number of pyridine rings is 1. The summed E-state index contributed by atoms with van der Waals surface area (Å²) in [6.07, 6.45) is 12.2. The lowest BCUT2D eigenvalue weighted by molar-refractivity contribution is 0.694. The van der Waals surface area contributed by atoms with Gasteiger partial charge in [0.15, 0.2) is 0 Å². The van der Waals surface area contributed by atoms with Crippen LogP contribution in [-0.4, -0.2) is 4.98 Å². The Kier molecular flexibility index (Phi) is 7.47. The molecule has 38 heavy (non-hydrogen) atoms. The lowest BCUT2D eigenvalue weighted by Crippen LogP contribution is -2.24. The van der Waals surface area contributed by atoms with E-state index in [-0.39, 0.29) is 6.04 Å². The van der Waals surface area contributed by atoms with Crippen LogP contribution in [-0.2, 0) is 0 Å². The smallest absolute Gasteiger partial charge is 0.0873 e. The number of nitrogens with zero attached hydrogens (tertiary/aromatic N) is 1. The molecule has 4 aromatic rings. The third-order valence-electron chi connectivity index (χ3n) is 6.58. The maximum absolute atomic E-state index is 6.16. The van der Waals surface area contributed by atoms with Gasteiger partial charge in [-0.1, -0.05) is 122 Å². The molecule has 1 unspecified atom stereocenters. The van der Waals surface area contributed by atoms with Crippen LogP contribution in [0, 0.1) is 0 Å². The van der Waals surface area contributed by atoms with Crippen molar-refractivity contribution in [2.45, 2.75) is 13.0 Å². The minimum absolute atomic E-state index is 0.0890. The Labute approximate surface area is 225 Å². The fourth-order valence-electron chi connectivity index (χ4n) is 4.68. The molecule has 0 saturated heterocycles. The summed E-state index contributed by atoms with van der Waals surface area (Å²) in [4.78, 5) is 5.21. The van der Waals surface area contributed by atoms with Crippen molar-refractivity contribution >= 4 is 11.3 Å². The van der Waals surface area contributed by atoms with Crippen molar-refractivity contribution in [3.8, 4) is 22.4 Å². The normalized spacial score (nSPS) is 15.5. The van der Waals surface area contributed by atoms with Gasteiger partial charge in [-0.2, -0.15) is 0 Å². The molecule has 0 fully saturated rings. The lowest BCUT2D eigenvalue weighted by Gasteiger charge is -2.26. The molecule has 1 aliphatic heterocycles. The topological polar surface area (TPSA) is 50.9 Å². The molecule has 3 aromatic carbocycles. The zero-order valence-electron chi connectivity index (χ0n) is 21.5. The first-order valence-electron chi connectivity index (χ1n) is 12.8. The number of rotatable bonds is 7. The second-order valence-corrected chi connectivity index (χ2v) is 9.23. The average molecular weight is 494 g/mol. The summed E-state index contributed by atoms with van der Waals surface area (Å²) in [5.74, 6) is 0. The van der Waals surface area contributed by atoms with E-state index in [4.69, 9.17) is 10.7 Å². The fraction of sp³-hybridized carbons (Fsp3) is 0.0571. The summed E-state index contributed by atoms with van der Waals surface area (Å²) in [5.41, 5.74) is 16.5. The Morgan fingerprint density at radius 3 is 2.26 bits per heavy atom. The largest absolute Gasteiger partial charge is 0.399 e. The minimum Gasteiger partial charge on any atom is -0.399 e. The molecular formula is C35H31N3. The third-order valence-corrected chi connectivity index (χ3v) is 6.58. The number of hydrogen-bond donors (Lipinski definition) is 2. The van der Waals surface area contributed by atoms with Crippen LogP contribution in [0.5, 0.6) is 0 Å². The van der Waals surface area contributed by atoms with Gasteiger partial charge in [-0.25, -0.2) is 4.98 Å². The number of nitrogens with two attached hydrogens (primary N) is 1. The van der Waals surface area contributed by atoms with Crippen LogP contribution >= 0.6 is 0 Å². The van der Waals surface area contributed by atoms with Crippen molar-refractivity contribution in [2.75, 3.05) is 5.73 Å². The van der Waals surface area contributed by atoms with Gasteiger partial charge in [-0.15, -0.1) is 0 Å². The second-order valence-electron chi connectivity index (χ2n) is 9.23. The van der Waals surface area contributed by atoms with E-state index < -0.39 is 0 Å². The standard InChI is InChI=1S/C35H31N3/c1-3-4-7-13-25(2)34-30(26-14-8-5-9-15-26)20-22-32(37-34)33-23-21-31(27-16-10-6-11-17-27)35(38-33)28-18-12-19-29(36)24-28/h3-24,32,37H,1,36H2,2H3/b7-4-,25-13+. The van der Waals surface area contributed by atoms with E-state index in [2.05, 4.69) is 104 Å². The lowest BCUT2D eigenvalue weighted by atomic mass is 9.93. The van der Waals surface area contributed by atoms with E-state index in [1.165, 1.54) is 0 Å². The molecule has 0 radical (unpaired) electrons. The zero-order chi connectivity index (χ0) is 26.3. The monoisotopic (exact) mass is 493 g/mol. The molecule has 0 spiro atoms. The van der Waals surface area contributed by atoms with Crippen molar-refractivity contribution in [2.24, 2.45) is 0 Å². The molecule has 1 atom stereocenters. The molecule has 3 N–H and O–H groups in total. The van der Waals surface area contributed by atoms with E-state index in [9.17, 15) is 0 Å². The zero-order valence-corrected chi connectivity index (χ0v) is 21.5. The summed E-state index contributed by atoms with van der Waals surface area (Å²) < 4.78 is 0. The summed E-state index contributed by atoms with van der Waals surface area (Å²) in [6, 6.07) is 32.9. The van der Waals surface area contributed by atoms with Gasteiger partial charge in [-0.05, 0) is 41.8 Å². The van der Waals surface area contributed by atoms with Crippen LogP contribution in [0.2, 0.25) is 0 Å². The summed E-state index contributed by atoms with van der Waals surface area (Å²) >= 11 is 0. The first kappa shape index (κ1) is 24.8. The van der Waals surface area contributed by atoms with Crippen LogP contribution in [0.1, 0.15) is 24.2 Å². The van der Waals surface area contributed by atoms with E-state index in [0.717, 1.165) is 56.2 Å². The van der Waals surface area contributed by atoms with Gasteiger partial charge in [0.1, 0.15) is 0 Å². The Bertz CT molecular complexity index is 1560. The Hall–Kier alpha value is -4.89. The van der Waals surface area contributed by atoms with Crippen molar-refractivity contribution in [1.29, 1.82) is 0 Å². The van der Waals surface area contributed by atoms with Crippen LogP contribution in [0.3, 0.4) is 0 Å². The summed E-state index contributed by atoms with van der Waals surface area (Å²) in [5, 5.41) is 3.77. The number of nitrogens with one attached hydrogen (secondary N) is 1. The average Bonchev–Trinajstić information content (AvgIpc) is 2.97. The molecule has 1 aliphatic rings. The van der Waals surface area contributed by atoms with Crippen LogP contribution in [0.4, 0.5) is 5.69 Å².